The highest BCUT2D eigenvalue weighted by atomic mass is 16.5. The number of anilines is 1. The predicted molar refractivity (Wildman–Crippen MR) is 93.2 cm³/mol. The molecule has 0 aliphatic heterocycles. The average Bonchev–Trinajstić information content (AvgIpc) is 3.19. The SMILES string of the molecule is COc1cc(-c2nccnc2NCc2ccco2)cc(OC)c1OC. The van der Waals surface area contributed by atoms with E-state index in [0.717, 1.165) is 11.3 Å². The summed E-state index contributed by atoms with van der Waals surface area (Å²) in [7, 11) is 4.72. The van der Waals surface area contributed by atoms with E-state index in [0.29, 0.717) is 35.3 Å². The van der Waals surface area contributed by atoms with E-state index in [1.54, 1.807) is 40.0 Å². The number of nitrogens with one attached hydrogen (secondary N) is 1. The highest BCUT2D eigenvalue weighted by Crippen LogP contribution is 2.41. The number of methoxy groups -OCH3 is 3. The third-order valence-corrected chi connectivity index (χ3v) is 3.65. The summed E-state index contributed by atoms with van der Waals surface area (Å²) in [6, 6.07) is 7.41. The minimum absolute atomic E-state index is 0.503. The maximum atomic E-state index is 5.41. The van der Waals surface area contributed by atoms with Gasteiger partial charge in [0.2, 0.25) is 5.75 Å². The Balaban J connectivity index is 1.98. The molecule has 0 atom stereocenters. The van der Waals surface area contributed by atoms with Crippen LogP contribution < -0.4 is 19.5 Å². The van der Waals surface area contributed by atoms with Crippen LogP contribution in [0.3, 0.4) is 0 Å². The molecule has 0 bridgehead atoms. The minimum atomic E-state index is 0.503. The first-order valence-electron chi connectivity index (χ1n) is 7.64. The lowest BCUT2D eigenvalue weighted by molar-refractivity contribution is 0.324. The highest BCUT2D eigenvalue weighted by Gasteiger charge is 2.17. The van der Waals surface area contributed by atoms with E-state index in [9.17, 15) is 0 Å². The molecule has 7 heteroatoms. The van der Waals surface area contributed by atoms with Crippen LogP contribution >= 0.6 is 0 Å². The Bertz CT molecular complexity index is 809. The molecule has 1 aromatic carbocycles. The van der Waals surface area contributed by atoms with E-state index in [1.165, 1.54) is 0 Å². The van der Waals surface area contributed by atoms with Gasteiger partial charge < -0.3 is 23.9 Å². The van der Waals surface area contributed by atoms with Crippen molar-refractivity contribution in [1.82, 2.24) is 9.97 Å². The lowest BCUT2D eigenvalue weighted by Gasteiger charge is -2.15. The van der Waals surface area contributed by atoms with E-state index in [2.05, 4.69) is 15.3 Å². The summed E-state index contributed by atoms with van der Waals surface area (Å²) in [6.45, 7) is 0.503. The molecule has 0 unspecified atom stereocenters. The Morgan fingerprint density at radius 2 is 1.72 bits per heavy atom. The van der Waals surface area contributed by atoms with Crippen LogP contribution in [0.1, 0.15) is 5.76 Å². The zero-order valence-corrected chi connectivity index (χ0v) is 14.3. The van der Waals surface area contributed by atoms with Gasteiger partial charge in [-0.2, -0.15) is 0 Å². The van der Waals surface area contributed by atoms with Gasteiger partial charge in [-0.05, 0) is 24.3 Å². The van der Waals surface area contributed by atoms with E-state index in [1.807, 2.05) is 24.3 Å². The van der Waals surface area contributed by atoms with Crippen molar-refractivity contribution in [3.05, 3.63) is 48.7 Å². The van der Waals surface area contributed by atoms with Gasteiger partial charge in [0, 0.05) is 18.0 Å². The van der Waals surface area contributed by atoms with Gasteiger partial charge in [-0.25, -0.2) is 4.98 Å². The van der Waals surface area contributed by atoms with Crippen molar-refractivity contribution in [1.29, 1.82) is 0 Å². The second-order valence-electron chi connectivity index (χ2n) is 5.10. The molecule has 0 amide bonds. The van der Waals surface area contributed by atoms with Crippen molar-refractivity contribution in [2.24, 2.45) is 0 Å². The number of furan rings is 1. The normalized spacial score (nSPS) is 10.4. The summed E-state index contributed by atoms with van der Waals surface area (Å²) in [5, 5.41) is 3.24. The third-order valence-electron chi connectivity index (χ3n) is 3.65. The van der Waals surface area contributed by atoms with Crippen LogP contribution in [0.2, 0.25) is 0 Å². The standard InChI is InChI=1S/C18H19N3O4/c1-22-14-9-12(10-15(23-2)17(14)24-3)16-18(20-7-6-19-16)21-11-13-5-4-8-25-13/h4-10H,11H2,1-3H3,(H,20,21). The van der Waals surface area contributed by atoms with Crippen LogP contribution in [0.15, 0.2) is 47.3 Å². The third kappa shape index (κ3) is 3.50. The van der Waals surface area contributed by atoms with Gasteiger partial charge in [0.25, 0.3) is 0 Å². The summed E-state index contributed by atoms with van der Waals surface area (Å²) in [6.07, 6.45) is 4.90. The second-order valence-corrected chi connectivity index (χ2v) is 5.10. The molecule has 3 rings (SSSR count). The van der Waals surface area contributed by atoms with E-state index >= 15 is 0 Å². The zero-order valence-electron chi connectivity index (χ0n) is 14.3. The Labute approximate surface area is 145 Å². The molecule has 0 aliphatic carbocycles. The van der Waals surface area contributed by atoms with Crippen molar-refractivity contribution in [2.75, 3.05) is 26.6 Å². The molecule has 0 saturated carbocycles. The molecule has 1 N–H and O–H groups in total. The second kappa shape index (κ2) is 7.57. The maximum Gasteiger partial charge on any atom is 0.203 e. The smallest absolute Gasteiger partial charge is 0.203 e. The lowest BCUT2D eigenvalue weighted by Crippen LogP contribution is -2.04. The van der Waals surface area contributed by atoms with E-state index < -0.39 is 0 Å². The first kappa shape index (κ1) is 16.6. The number of hydrogen-bond acceptors (Lipinski definition) is 7. The van der Waals surface area contributed by atoms with Crippen LogP contribution in [0, 0.1) is 0 Å². The van der Waals surface area contributed by atoms with Gasteiger partial charge in [-0.15, -0.1) is 0 Å². The summed E-state index contributed by atoms with van der Waals surface area (Å²) in [5.74, 6) is 3.08. The molecule has 7 nitrogen and oxygen atoms in total. The fourth-order valence-electron chi connectivity index (χ4n) is 2.48. The number of benzene rings is 1. The number of hydrogen-bond donors (Lipinski definition) is 1. The fraction of sp³-hybridized carbons (Fsp3) is 0.222. The van der Waals surface area contributed by atoms with Gasteiger partial charge in [0.1, 0.15) is 11.5 Å². The molecule has 130 valence electrons. The van der Waals surface area contributed by atoms with Gasteiger partial charge >= 0.3 is 0 Å². The van der Waals surface area contributed by atoms with Crippen molar-refractivity contribution >= 4 is 5.82 Å². The Morgan fingerprint density at radius 1 is 1.00 bits per heavy atom. The molecular weight excluding hydrogens is 322 g/mol. The molecule has 2 aromatic heterocycles. The Hall–Kier alpha value is -3.22. The van der Waals surface area contributed by atoms with Crippen molar-refractivity contribution in [2.45, 2.75) is 6.54 Å². The summed E-state index contributed by atoms with van der Waals surface area (Å²) in [5.41, 5.74) is 1.47. The van der Waals surface area contributed by atoms with Crippen LogP contribution in [-0.2, 0) is 6.54 Å². The van der Waals surface area contributed by atoms with Crippen molar-refractivity contribution in [3.8, 4) is 28.5 Å². The van der Waals surface area contributed by atoms with Gasteiger partial charge in [-0.1, -0.05) is 0 Å². The first-order valence-corrected chi connectivity index (χ1v) is 7.64. The molecule has 0 spiro atoms. The molecule has 3 aromatic rings. The largest absolute Gasteiger partial charge is 0.493 e. The molecule has 0 radical (unpaired) electrons. The predicted octanol–water partition coefficient (Wildman–Crippen LogP) is 3.37. The van der Waals surface area contributed by atoms with Crippen molar-refractivity contribution < 1.29 is 18.6 Å². The molecular formula is C18H19N3O4. The fourth-order valence-corrected chi connectivity index (χ4v) is 2.48. The maximum absolute atomic E-state index is 5.41. The lowest BCUT2D eigenvalue weighted by atomic mass is 10.1. The monoisotopic (exact) mass is 341 g/mol. The average molecular weight is 341 g/mol. The van der Waals surface area contributed by atoms with E-state index in [4.69, 9.17) is 18.6 Å². The Morgan fingerprint density at radius 3 is 2.32 bits per heavy atom. The highest BCUT2D eigenvalue weighted by molar-refractivity contribution is 5.75. The molecule has 2 heterocycles. The van der Waals surface area contributed by atoms with Crippen molar-refractivity contribution in [3.63, 3.8) is 0 Å². The van der Waals surface area contributed by atoms with Crippen LogP contribution in [0.5, 0.6) is 17.2 Å². The molecule has 0 aliphatic rings. The van der Waals surface area contributed by atoms with E-state index in [-0.39, 0.29) is 0 Å². The minimum Gasteiger partial charge on any atom is -0.493 e. The molecule has 0 saturated heterocycles. The quantitative estimate of drug-likeness (QED) is 0.706. The number of aromatic nitrogens is 2. The number of ether oxygens (including phenoxy) is 3. The van der Waals surface area contributed by atoms with Crippen LogP contribution in [0.4, 0.5) is 5.82 Å². The Kier molecular flexibility index (Phi) is 5.03. The number of rotatable bonds is 7. The van der Waals surface area contributed by atoms with Crippen LogP contribution in [0.25, 0.3) is 11.3 Å². The topological polar surface area (TPSA) is 78.6 Å². The summed E-state index contributed by atoms with van der Waals surface area (Å²) in [4.78, 5) is 8.83. The van der Waals surface area contributed by atoms with Gasteiger partial charge in [-0.3, -0.25) is 4.98 Å². The molecule has 0 fully saturated rings. The molecule has 25 heavy (non-hydrogen) atoms. The van der Waals surface area contributed by atoms with Gasteiger partial charge in [0.05, 0.1) is 34.1 Å². The zero-order chi connectivity index (χ0) is 17.6. The number of nitrogens with zero attached hydrogens (tertiary/aromatic N) is 2. The summed E-state index contributed by atoms with van der Waals surface area (Å²) >= 11 is 0. The van der Waals surface area contributed by atoms with Gasteiger partial charge in [0.15, 0.2) is 17.3 Å². The first-order chi connectivity index (χ1) is 12.3. The summed E-state index contributed by atoms with van der Waals surface area (Å²) < 4.78 is 21.5. The van der Waals surface area contributed by atoms with Crippen LogP contribution in [-0.4, -0.2) is 31.3 Å².